The molecule has 24 heavy (non-hydrogen) atoms. The Hall–Kier alpha value is -1.48. The maximum atomic E-state index is 12.1. The largest absolute Gasteiger partial charge is 0.372 e. The van der Waals surface area contributed by atoms with Crippen LogP contribution < -0.4 is 9.62 Å². The van der Waals surface area contributed by atoms with Crippen molar-refractivity contribution in [1.29, 1.82) is 0 Å². The second-order valence-corrected chi connectivity index (χ2v) is 8.89. The smallest absolute Gasteiger partial charge is 0.250 e. The van der Waals surface area contributed by atoms with Crippen molar-refractivity contribution in [2.75, 3.05) is 18.0 Å². The molecule has 3 heterocycles. The Kier molecular flexibility index (Phi) is 5.19. The summed E-state index contributed by atoms with van der Waals surface area (Å²) >= 11 is 1.20. The Labute approximate surface area is 146 Å². The van der Waals surface area contributed by atoms with E-state index in [1.807, 2.05) is 12.1 Å². The molecule has 0 bridgehead atoms. The van der Waals surface area contributed by atoms with Crippen molar-refractivity contribution in [2.45, 2.75) is 36.8 Å². The van der Waals surface area contributed by atoms with Gasteiger partial charge in [0.2, 0.25) is 10.0 Å². The van der Waals surface area contributed by atoms with Crippen LogP contribution in [0.4, 0.5) is 5.82 Å². The highest BCUT2D eigenvalue weighted by atomic mass is 32.2. The summed E-state index contributed by atoms with van der Waals surface area (Å²) in [5, 5.41) is 1.75. The zero-order valence-electron chi connectivity index (χ0n) is 13.7. The summed E-state index contributed by atoms with van der Waals surface area (Å²) in [4.78, 5) is 6.67. The lowest BCUT2D eigenvalue weighted by molar-refractivity contribution is -0.00546. The van der Waals surface area contributed by atoms with Crippen molar-refractivity contribution < 1.29 is 13.2 Å². The zero-order chi connectivity index (χ0) is 17.2. The van der Waals surface area contributed by atoms with Crippen molar-refractivity contribution in [3.63, 3.8) is 0 Å². The van der Waals surface area contributed by atoms with Crippen LogP contribution in [0.5, 0.6) is 0 Å². The molecule has 1 aliphatic heterocycles. The second kappa shape index (κ2) is 7.18. The second-order valence-electron chi connectivity index (χ2n) is 5.94. The van der Waals surface area contributed by atoms with E-state index >= 15 is 0 Å². The highest BCUT2D eigenvalue weighted by Gasteiger charge is 2.23. The molecule has 0 amide bonds. The van der Waals surface area contributed by atoms with Gasteiger partial charge in [-0.15, -0.1) is 11.3 Å². The lowest BCUT2D eigenvalue weighted by Crippen LogP contribution is -2.45. The third kappa shape index (κ3) is 4.13. The van der Waals surface area contributed by atoms with Crippen LogP contribution in [0.15, 0.2) is 40.1 Å². The molecule has 1 N–H and O–H groups in total. The molecule has 1 fully saturated rings. The van der Waals surface area contributed by atoms with Gasteiger partial charge in [-0.1, -0.05) is 12.1 Å². The number of hydrogen-bond acceptors (Lipinski definition) is 6. The van der Waals surface area contributed by atoms with Gasteiger partial charge in [0.15, 0.2) is 0 Å². The highest BCUT2D eigenvalue weighted by molar-refractivity contribution is 7.91. The average Bonchev–Trinajstić information content (AvgIpc) is 3.08. The molecule has 0 radical (unpaired) electrons. The number of sulfonamides is 1. The normalized spacial score (nSPS) is 21.8. The minimum Gasteiger partial charge on any atom is -0.372 e. The van der Waals surface area contributed by atoms with Crippen LogP contribution in [0.3, 0.4) is 0 Å². The van der Waals surface area contributed by atoms with E-state index in [-0.39, 0.29) is 18.8 Å². The molecule has 8 heteroatoms. The van der Waals surface area contributed by atoms with Crippen molar-refractivity contribution >= 4 is 27.2 Å². The number of rotatable bonds is 5. The summed E-state index contributed by atoms with van der Waals surface area (Å²) in [6, 6.07) is 7.15. The minimum absolute atomic E-state index is 0.174. The van der Waals surface area contributed by atoms with Gasteiger partial charge < -0.3 is 9.64 Å². The Morgan fingerprint density at radius 1 is 1.29 bits per heavy atom. The number of thiophene rings is 1. The first kappa shape index (κ1) is 17.3. The minimum atomic E-state index is -3.45. The first-order valence-electron chi connectivity index (χ1n) is 7.82. The van der Waals surface area contributed by atoms with Crippen LogP contribution in [0, 0.1) is 0 Å². The Morgan fingerprint density at radius 2 is 2.04 bits per heavy atom. The number of hydrogen-bond donors (Lipinski definition) is 1. The van der Waals surface area contributed by atoms with Gasteiger partial charge in [-0.2, -0.15) is 0 Å². The maximum absolute atomic E-state index is 12.1. The van der Waals surface area contributed by atoms with E-state index in [0.29, 0.717) is 4.21 Å². The van der Waals surface area contributed by atoms with E-state index in [1.165, 1.54) is 11.3 Å². The molecule has 2 aromatic heterocycles. The number of ether oxygens (including phenoxy) is 1. The first-order chi connectivity index (χ1) is 11.4. The number of morpholine rings is 1. The Balaban J connectivity index is 1.63. The zero-order valence-corrected chi connectivity index (χ0v) is 15.3. The Morgan fingerprint density at radius 3 is 2.62 bits per heavy atom. The standard InChI is InChI=1S/C16H21N3O3S2/c1-12-10-19(11-13(2)22-12)15-6-5-14(8-17-15)9-18-24(20,21)16-4-3-7-23-16/h3-8,12-13,18H,9-11H2,1-2H3/t12-,13-/m1/s1. The quantitative estimate of drug-likeness (QED) is 0.877. The first-order valence-corrected chi connectivity index (χ1v) is 10.2. The van der Waals surface area contributed by atoms with E-state index in [0.717, 1.165) is 24.5 Å². The molecule has 6 nitrogen and oxygen atoms in total. The van der Waals surface area contributed by atoms with Crippen molar-refractivity contribution in [3.05, 3.63) is 41.4 Å². The summed E-state index contributed by atoms with van der Waals surface area (Å²) in [6.45, 7) is 5.94. The fourth-order valence-corrected chi connectivity index (χ4v) is 4.79. The predicted molar refractivity (Wildman–Crippen MR) is 94.8 cm³/mol. The molecular formula is C16H21N3O3S2. The molecule has 2 aromatic rings. The van der Waals surface area contributed by atoms with Crippen molar-refractivity contribution in [1.82, 2.24) is 9.71 Å². The van der Waals surface area contributed by atoms with Crippen LogP contribution in [0.25, 0.3) is 0 Å². The van der Waals surface area contributed by atoms with Crippen LogP contribution >= 0.6 is 11.3 Å². The van der Waals surface area contributed by atoms with Crippen LogP contribution in [0.2, 0.25) is 0 Å². The summed E-state index contributed by atoms with van der Waals surface area (Å²) < 4.78 is 32.9. The molecule has 0 aliphatic carbocycles. The van der Waals surface area contributed by atoms with E-state index < -0.39 is 10.0 Å². The molecule has 1 saturated heterocycles. The van der Waals surface area contributed by atoms with Crippen molar-refractivity contribution in [2.24, 2.45) is 0 Å². The third-order valence-corrected chi connectivity index (χ3v) is 6.58. The molecule has 0 spiro atoms. The van der Waals surface area contributed by atoms with E-state index in [2.05, 4.69) is 28.5 Å². The molecule has 0 aromatic carbocycles. The van der Waals surface area contributed by atoms with Gasteiger partial charge in [0.1, 0.15) is 10.0 Å². The van der Waals surface area contributed by atoms with Gasteiger partial charge in [0.25, 0.3) is 0 Å². The number of anilines is 1. The summed E-state index contributed by atoms with van der Waals surface area (Å²) in [6.07, 6.45) is 2.07. The lowest BCUT2D eigenvalue weighted by Gasteiger charge is -2.36. The van der Waals surface area contributed by atoms with Crippen molar-refractivity contribution in [3.8, 4) is 0 Å². The van der Waals surface area contributed by atoms with Gasteiger partial charge in [0, 0.05) is 25.8 Å². The van der Waals surface area contributed by atoms with Gasteiger partial charge >= 0.3 is 0 Å². The van der Waals surface area contributed by atoms with Gasteiger partial charge in [-0.25, -0.2) is 18.1 Å². The van der Waals surface area contributed by atoms with E-state index in [9.17, 15) is 8.42 Å². The number of nitrogens with zero attached hydrogens (tertiary/aromatic N) is 2. The SMILES string of the molecule is C[C@@H]1CN(c2ccc(CNS(=O)(=O)c3cccs3)cn2)C[C@@H](C)O1. The summed E-state index contributed by atoms with van der Waals surface area (Å²) in [7, 11) is -3.45. The number of nitrogens with one attached hydrogen (secondary N) is 1. The number of pyridine rings is 1. The fraction of sp³-hybridized carbons (Fsp3) is 0.438. The molecule has 0 unspecified atom stereocenters. The maximum Gasteiger partial charge on any atom is 0.250 e. The molecule has 2 atom stereocenters. The van der Waals surface area contributed by atoms with Gasteiger partial charge in [0.05, 0.1) is 12.2 Å². The monoisotopic (exact) mass is 367 g/mol. The third-order valence-electron chi connectivity index (χ3n) is 3.78. The van der Waals surface area contributed by atoms with Gasteiger partial charge in [-0.3, -0.25) is 0 Å². The fourth-order valence-electron chi connectivity index (χ4n) is 2.74. The molecular weight excluding hydrogens is 346 g/mol. The molecule has 3 rings (SSSR count). The predicted octanol–water partition coefficient (Wildman–Crippen LogP) is 2.24. The molecule has 0 saturated carbocycles. The van der Waals surface area contributed by atoms with Crippen LogP contribution in [0.1, 0.15) is 19.4 Å². The summed E-state index contributed by atoms with van der Waals surface area (Å²) in [5.41, 5.74) is 0.827. The van der Waals surface area contributed by atoms with Gasteiger partial charge in [-0.05, 0) is 36.9 Å². The van der Waals surface area contributed by atoms with Crippen LogP contribution in [-0.4, -0.2) is 38.7 Å². The lowest BCUT2D eigenvalue weighted by atomic mass is 10.2. The topological polar surface area (TPSA) is 71.5 Å². The highest BCUT2D eigenvalue weighted by Crippen LogP contribution is 2.19. The summed E-state index contributed by atoms with van der Waals surface area (Å²) in [5.74, 6) is 0.891. The molecule has 130 valence electrons. The van der Waals surface area contributed by atoms with Crippen LogP contribution in [-0.2, 0) is 21.3 Å². The number of aromatic nitrogens is 1. The Bertz CT molecular complexity index is 750. The average molecular weight is 367 g/mol. The van der Waals surface area contributed by atoms with E-state index in [4.69, 9.17) is 4.74 Å². The molecule has 1 aliphatic rings. The van der Waals surface area contributed by atoms with E-state index in [1.54, 1.807) is 23.7 Å².